The summed E-state index contributed by atoms with van der Waals surface area (Å²) in [6, 6.07) is 17.7. The monoisotopic (exact) mass is 349 g/mol. The molecule has 1 atom stereocenters. The minimum atomic E-state index is 0.461. The van der Waals surface area contributed by atoms with Gasteiger partial charge in [0.2, 0.25) is 0 Å². The zero-order valence-corrected chi connectivity index (χ0v) is 14.3. The molecule has 0 amide bonds. The second-order valence-corrected chi connectivity index (χ2v) is 6.59. The van der Waals surface area contributed by atoms with Crippen LogP contribution in [-0.2, 0) is 0 Å². The van der Waals surface area contributed by atoms with E-state index in [1.807, 2.05) is 6.07 Å². The van der Waals surface area contributed by atoms with Crippen molar-refractivity contribution in [1.82, 2.24) is 5.32 Å². The Morgan fingerprint density at radius 1 is 1.05 bits per heavy atom. The minimum Gasteiger partial charge on any atom is -0.310 e. The number of nitrogens with one attached hydrogen (secondary N) is 1. The summed E-state index contributed by atoms with van der Waals surface area (Å²) in [6.45, 7) is 5.38. The smallest absolute Gasteiger partial charge is 0.0317 e. The lowest BCUT2D eigenvalue weighted by Gasteiger charge is -2.16. The first-order chi connectivity index (χ1) is 9.74. The van der Waals surface area contributed by atoms with Crippen LogP contribution in [0.5, 0.6) is 0 Å². The first-order valence-corrected chi connectivity index (χ1v) is 8.61. The van der Waals surface area contributed by atoms with Crippen molar-refractivity contribution in [2.45, 2.75) is 36.1 Å². The van der Waals surface area contributed by atoms with Gasteiger partial charge in [0, 0.05) is 20.3 Å². The highest BCUT2D eigenvalue weighted by molar-refractivity contribution is 9.10. The molecule has 0 saturated carbocycles. The predicted molar refractivity (Wildman–Crippen MR) is 91.4 cm³/mol. The van der Waals surface area contributed by atoms with E-state index in [9.17, 15) is 0 Å². The third-order valence-electron chi connectivity index (χ3n) is 3.21. The molecule has 3 heteroatoms. The molecular formula is C17H20BrNS. The van der Waals surface area contributed by atoms with Crippen molar-refractivity contribution in [2.75, 3.05) is 6.54 Å². The van der Waals surface area contributed by atoms with Crippen LogP contribution in [0.3, 0.4) is 0 Å². The van der Waals surface area contributed by atoms with Crippen LogP contribution in [0, 0.1) is 0 Å². The molecule has 2 aromatic carbocycles. The van der Waals surface area contributed by atoms with Gasteiger partial charge in [0.15, 0.2) is 0 Å². The Balaban J connectivity index is 2.10. The molecule has 0 heterocycles. The summed E-state index contributed by atoms with van der Waals surface area (Å²) in [7, 11) is 0. The molecule has 2 rings (SSSR count). The van der Waals surface area contributed by atoms with E-state index in [2.05, 4.69) is 77.6 Å². The van der Waals surface area contributed by atoms with Crippen molar-refractivity contribution in [3.63, 3.8) is 0 Å². The van der Waals surface area contributed by atoms with Crippen LogP contribution in [0.4, 0.5) is 0 Å². The summed E-state index contributed by atoms with van der Waals surface area (Å²) in [5.74, 6) is 0. The van der Waals surface area contributed by atoms with E-state index in [-0.39, 0.29) is 0 Å². The predicted octanol–water partition coefficient (Wildman–Crippen LogP) is 5.66. The van der Waals surface area contributed by atoms with Crippen LogP contribution >= 0.6 is 27.7 Å². The van der Waals surface area contributed by atoms with Gasteiger partial charge in [0.05, 0.1) is 0 Å². The highest BCUT2D eigenvalue weighted by Crippen LogP contribution is 2.33. The van der Waals surface area contributed by atoms with Crippen molar-refractivity contribution >= 4 is 27.7 Å². The Morgan fingerprint density at radius 3 is 2.35 bits per heavy atom. The summed E-state index contributed by atoms with van der Waals surface area (Å²) in [5.41, 5.74) is 1.37. The lowest BCUT2D eigenvalue weighted by Crippen LogP contribution is -2.19. The Kier molecular flexibility index (Phi) is 6.14. The number of benzene rings is 2. The third-order valence-corrected chi connectivity index (χ3v) is 5.24. The van der Waals surface area contributed by atoms with Gasteiger partial charge in [0.25, 0.3) is 0 Å². The van der Waals surface area contributed by atoms with Gasteiger partial charge in [-0.2, -0.15) is 0 Å². The second kappa shape index (κ2) is 7.87. The number of halogens is 1. The van der Waals surface area contributed by atoms with Crippen LogP contribution in [-0.4, -0.2) is 6.54 Å². The van der Waals surface area contributed by atoms with Crippen molar-refractivity contribution < 1.29 is 0 Å². The lowest BCUT2D eigenvalue weighted by atomic mass is 10.1. The van der Waals surface area contributed by atoms with Crippen LogP contribution < -0.4 is 5.32 Å². The molecule has 0 aliphatic rings. The van der Waals surface area contributed by atoms with Crippen molar-refractivity contribution in [1.29, 1.82) is 0 Å². The van der Waals surface area contributed by atoms with Gasteiger partial charge >= 0.3 is 0 Å². The Labute approximate surface area is 134 Å². The van der Waals surface area contributed by atoms with Gasteiger partial charge < -0.3 is 5.32 Å². The Morgan fingerprint density at radius 2 is 1.75 bits per heavy atom. The summed E-state index contributed by atoms with van der Waals surface area (Å²) in [6.07, 6.45) is 1.12. The van der Waals surface area contributed by atoms with Crippen LogP contribution in [0.2, 0.25) is 0 Å². The third kappa shape index (κ3) is 4.11. The first-order valence-electron chi connectivity index (χ1n) is 7.00. The van der Waals surface area contributed by atoms with E-state index in [1.54, 1.807) is 11.8 Å². The van der Waals surface area contributed by atoms with Gasteiger partial charge in [0.1, 0.15) is 0 Å². The molecule has 2 aromatic rings. The van der Waals surface area contributed by atoms with Gasteiger partial charge in [-0.3, -0.25) is 0 Å². The van der Waals surface area contributed by atoms with Gasteiger partial charge in [-0.25, -0.2) is 0 Å². The first kappa shape index (κ1) is 15.6. The molecule has 0 aliphatic heterocycles. The van der Waals surface area contributed by atoms with Gasteiger partial charge in [-0.05, 0) is 58.7 Å². The van der Waals surface area contributed by atoms with E-state index in [1.165, 1.54) is 15.4 Å². The highest BCUT2D eigenvalue weighted by atomic mass is 79.9. The van der Waals surface area contributed by atoms with E-state index < -0.39 is 0 Å². The topological polar surface area (TPSA) is 12.0 Å². The molecule has 1 N–H and O–H groups in total. The molecule has 106 valence electrons. The number of hydrogen-bond donors (Lipinski definition) is 1. The molecular weight excluding hydrogens is 330 g/mol. The Hall–Kier alpha value is -0.770. The van der Waals surface area contributed by atoms with Gasteiger partial charge in [-0.15, -0.1) is 0 Å². The molecule has 0 spiro atoms. The van der Waals surface area contributed by atoms with Crippen LogP contribution in [0.15, 0.2) is 62.8 Å². The maximum absolute atomic E-state index is 3.59. The number of rotatable bonds is 6. The number of hydrogen-bond acceptors (Lipinski definition) is 2. The van der Waals surface area contributed by atoms with E-state index in [4.69, 9.17) is 0 Å². The molecule has 0 aromatic heterocycles. The quantitative estimate of drug-likeness (QED) is 0.721. The zero-order chi connectivity index (χ0) is 14.4. The fourth-order valence-electron chi connectivity index (χ4n) is 2.17. The largest absolute Gasteiger partial charge is 0.310 e. The van der Waals surface area contributed by atoms with Crippen molar-refractivity contribution in [3.8, 4) is 0 Å². The van der Waals surface area contributed by atoms with E-state index >= 15 is 0 Å². The summed E-state index contributed by atoms with van der Waals surface area (Å²) in [4.78, 5) is 2.52. The normalized spacial score (nSPS) is 12.3. The SMILES string of the molecule is CCNC(CC)c1ccc(Sc2ccccc2Br)cc1. The summed E-state index contributed by atoms with van der Waals surface area (Å²) >= 11 is 5.38. The van der Waals surface area contributed by atoms with E-state index in [0.717, 1.165) is 17.4 Å². The maximum Gasteiger partial charge on any atom is 0.0317 e. The molecule has 0 radical (unpaired) electrons. The molecule has 0 saturated heterocycles. The highest BCUT2D eigenvalue weighted by Gasteiger charge is 2.08. The van der Waals surface area contributed by atoms with Crippen molar-refractivity contribution in [3.05, 3.63) is 58.6 Å². The average molecular weight is 350 g/mol. The molecule has 0 aliphatic carbocycles. The van der Waals surface area contributed by atoms with Crippen LogP contribution in [0.1, 0.15) is 31.9 Å². The standard InChI is InChI=1S/C17H20BrNS/c1-3-16(19-4-2)13-9-11-14(12-10-13)20-17-8-6-5-7-15(17)18/h5-12,16,19H,3-4H2,1-2H3. The summed E-state index contributed by atoms with van der Waals surface area (Å²) in [5, 5.41) is 3.51. The molecule has 0 bridgehead atoms. The fourth-order valence-corrected chi connectivity index (χ4v) is 3.53. The van der Waals surface area contributed by atoms with Gasteiger partial charge in [-0.1, -0.05) is 49.9 Å². The molecule has 1 unspecified atom stereocenters. The Bertz CT molecular complexity index is 539. The van der Waals surface area contributed by atoms with E-state index in [0.29, 0.717) is 6.04 Å². The summed E-state index contributed by atoms with van der Waals surface area (Å²) < 4.78 is 1.15. The average Bonchev–Trinajstić information content (AvgIpc) is 2.48. The fraction of sp³-hybridized carbons (Fsp3) is 0.294. The molecule has 20 heavy (non-hydrogen) atoms. The zero-order valence-electron chi connectivity index (χ0n) is 11.9. The van der Waals surface area contributed by atoms with Crippen LogP contribution in [0.25, 0.3) is 0 Å². The lowest BCUT2D eigenvalue weighted by molar-refractivity contribution is 0.537. The van der Waals surface area contributed by atoms with Crippen molar-refractivity contribution in [2.24, 2.45) is 0 Å². The maximum atomic E-state index is 3.59. The minimum absolute atomic E-state index is 0.461. The molecule has 0 fully saturated rings. The second-order valence-electron chi connectivity index (χ2n) is 4.62. The molecule has 1 nitrogen and oxygen atoms in total.